The Morgan fingerprint density at radius 1 is 1.57 bits per heavy atom. The standard InChI is InChI=1S/C10H16N2O2/c1-5-7(2)12-6-8(13)11-10(3,4)9(12)14/h5,7H,1,6H2,2-4H3,(H,11,13). The number of hydrogen-bond acceptors (Lipinski definition) is 2. The van der Waals surface area contributed by atoms with Gasteiger partial charge in [0.25, 0.3) is 0 Å². The van der Waals surface area contributed by atoms with Gasteiger partial charge in [0, 0.05) is 6.04 Å². The van der Waals surface area contributed by atoms with Gasteiger partial charge in [-0.2, -0.15) is 0 Å². The van der Waals surface area contributed by atoms with Crippen molar-refractivity contribution in [2.24, 2.45) is 0 Å². The summed E-state index contributed by atoms with van der Waals surface area (Å²) in [6, 6.07) is -0.104. The van der Waals surface area contributed by atoms with Crippen molar-refractivity contribution in [2.45, 2.75) is 32.4 Å². The van der Waals surface area contributed by atoms with Crippen LogP contribution in [0.25, 0.3) is 0 Å². The van der Waals surface area contributed by atoms with Crippen LogP contribution >= 0.6 is 0 Å². The number of rotatable bonds is 2. The van der Waals surface area contributed by atoms with Crippen molar-refractivity contribution >= 4 is 11.8 Å². The molecule has 1 heterocycles. The van der Waals surface area contributed by atoms with E-state index < -0.39 is 5.54 Å². The second-order valence-electron chi connectivity index (χ2n) is 4.08. The molecule has 0 aromatic carbocycles. The lowest BCUT2D eigenvalue weighted by molar-refractivity contribution is -0.149. The summed E-state index contributed by atoms with van der Waals surface area (Å²) in [7, 11) is 0. The van der Waals surface area contributed by atoms with Gasteiger partial charge in [-0.3, -0.25) is 9.59 Å². The molecule has 0 saturated carbocycles. The van der Waals surface area contributed by atoms with Crippen molar-refractivity contribution in [1.82, 2.24) is 10.2 Å². The first kappa shape index (κ1) is 10.8. The highest BCUT2D eigenvalue weighted by molar-refractivity contribution is 5.97. The first-order chi connectivity index (χ1) is 6.38. The Kier molecular flexibility index (Phi) is 2.64. The SMILES string of the molecule is C=CC(C)N1CC(=O)NC(C)(C)C1=O. The van der Waals surface area contributed by atoms with Gasteiger partial charge in [0.1, 0.15) is 12.1 Å². The molecule has 1 atom stereocenters. The summed E-state index contributed by atoms with van der Waals surface area (Å²) in [5, 5.41) is 2.65. The number of carbonyl (C=O) groups excluding carboxylic acids is 2. The number of nitrogens with one attached hydrogen (secondary N) is 1. The number of amides is 2. The molecule has 1 saturated heterocycles. The molecule has 1 unspecified atom stereocenters. The first-order valence-corrected chi connectivity index (χ1v) is 4.63. The van der Waals surface area contributed by atoms with E-state index in [1.165, 1.54) is 4.90 Å². The number of carbonyl (C=O) groups is 2. The lowest BCUT2D eigenvalue weighted by Gasteiger charge is -2.39. The van der Waals surface area contributed by atoms with Crippen molar-refractivity contribution in [3.05, 3.63) is 12.7 Å². The van der Waals surface area contributed by atoms with Crippen LogP contribution in [-0.4, -0.2) is 34.8 Å². The van der Waals surface area contributed by atoms with E-state index in [1.54, 1.807) is 19.9 Å². The van der Waals surface area contributed by atoms with E-state index in [0.717, 1.165) is 0 Å². The quantitative estimate of drug-likeness (QED) is 0.646. The van der Waals surface area contributed by atoms with E-state index in [2.05, 4.69) is 11.9 Å². The van der Waals surface area contributed by atoms with Gasteiger partial charge < -0.3 is 10.2 Å². The molecule has 1 aliphatic rings. The fraction of sp³-hybridized carbons (Fsp3) is 0.600. The van der Waals surface area contributed by atoms with Gasteiger partial charge in [0.05, 0.1) is 0 Å². The summed E-state index contributed by atoms with van der Waals surface area (Å²) in [6.45, 7) is 8.99. The van der Waals surface area contributed by atoms with Crippen LogP contribution in [0, 0.1) is 0 Å². The van der Waals surface area contributed by atoms with Crippen LogP contribution in [-0.2, 0) is 9.59 Å². The molecule has 0 radical (unpaired) electrons. The third-order valence-corrected chi connectivity index (χ3v) is 2.39. The van der Waals surface area contributed by atoms with E-state index in [4.69, 9.17) is 0 Å². The molecule has 0 aliphatic carbocycles. The topological polar surface area (TPSA) is 49.4 Å². The largest absolute Gasteiger partial charge is 0.341 e. The highest BCUT2D eigenvalue weighted by atomic mass is 16.2. The molecular weight excluding hydrogens is 180 g/mol. The third-order valence-electron chi connectivity index (χ3n) is 2.39. The van der Waals surface area contributed by atoms with Gasteiger partial charge in [-0.25, -0.2) is 0 Å². The zero-order valence-corrected chi connectivity index (χ0v) is 8.83. The van der Waals surface area contributed by atoms with Crippen LogP contribution in [0.15, 0.2) is 12.7 Å². The fourth-order valence-electron chi connectivity index (χ4n) is 1.48. The van der Waals surface area contributed by atoms with Crippen LogP contribution in [0.3, 0.4) is 0 Å². The molecule has 78 valence electrons. The van der Waals surface area contributed by atoms with Crippen LogP contribution in [0.4, 0.5) is 0 Å². The summed E-state index contributed by atoms with van der Waals surface area (Å²) < 4.78 is 0. The van der Waals surface area contributed by atoms with Gasteiger partial charge in [-0.1, -0.05) is 6.08 Å². The van der Waals surface area contributed by atoms with E-state index in [0.29, 0.717) is 0 Å². The molecular formula is C10H16N2O2. The van der Waals surface area contributed by atoms with Crippen molar-refractivity contribution in [3.63, 3.8) is 0 Å². The van der Waals surface area contributed by atoms with E-state index >= 15 is 0 Å². The molecule has 1 aliphatic heterocycles. The summed E-state index contributed by atoms with van der Waals surface area (Å²) >= 11 is 0. The molecule has 4 heteroatoms. The number of nitrogens with zero attached hydrogens (tertiary/aromatic N) is 1. The minimum absolute atomic E-state index is 0.0653. The number of piperazine rings is 1. The van der Waals surface area contributed by atoms with E-state index in [1.807, 2.05) is 6.92 Å². The monoisotopic (exact) mass is 196 g/mol. The predicted molar refractivity (Wildman–Crippen MR) is 53.6 cm³/mol. The summed E-state index contributed by atoms with van der Waals surface area (Å²) in [6.07, 6.45) is 1.66. The molecule has 0 aromatic heterocycles. The zero-order valence-electron chi connectivity index (χ0n) is 8.83. The molecule has 1 N–H and O–H groups in total. The Morgan fingerprint density at radius 3 is 2.64 bits per heavy atom. The second-order valence-corrected chi connectivity index (χ2v) is 4.08. The summed E-state index contributed by atoms with van der Waals surface area (Å²) in [4.78, 5) is 24.7. The Balaban J connectivity index is 2.91. The van der Waals surface area contributed by atoms with Crippen molar-refractivity contribution in [3.8, 4) is 0 Å². The maximum absolute atomic E-state index is 11.9. The Labute approximate surface area is 84.0 Å². The van der Waals surface area contributed by atoms with Gasteiger partial charge in [0.15, 0.2) is 0 Å². The molecule has 1 rings (SSSR count). The van der Waals surface area contributed by atoms with Crippen LogP contribution in [0.2, 0.25) is 0 Å². The Hall–Kier alpha value is -1.32. The predicted octanol–water partition coefficient (Wildman–Crippen LogP) is 0.298. The van der Waals surface area contributed by atoms with Gasteiger partial charge in [-0.05, 0) is 20.8 Å². The highest BCUT2D eigenvalue weighted by Crippen LogP contribution is 2.15. The van der Waals surface area contributed by atoms with Gasteiger partial charge in [-0.15, -0.1) is 6.58 Å². The zero-order chi connectivity index (χ0) is 10.9. The molecule has 2 amide bonds. The Morgan fingerprint density at radius 2 is 2.14 bits per heavy atom. The van der Waals surface area contributed by atoms with Crippen molar-refractivity contribution in [1.29, 1.82) is 0 Å². The fourth-order valence-corrected chi connectivity index (χ4v) is 1.48. The van der Waals surface area contributed by atoms with E-state index in [-0.39, 0.29) is 24.4 Å². The maximum Gasteiger partial charge on any atom is 0.248 e. The van der Waals surface area contributed by atoms with Crippen LogP contribution < -0.4 is 5.32 Å². The van der Waals surface area contributed by atoms with Gasteiger partial charge >= 0.3 is 0 Å². The average Bonchev–Trinajstić information content (AvgIpc) is 2.09. The molecule has 0 bridgehead atoms. The normalized spacial score (nSPS) is 22.9. The van der Waals surface area contributed by atoms with Gasteiger partial charge in [0.2, 0.25) is 11.8 Å². The highest BCUT2D eigenvalue weighted by Gasteiger charge is 2.40. The smallest absolute Gasteiger partial charge is 0.248 e. The Bertz CT molecular complexity index is 284. The van der Waals surface area contributed by atoms with Crippen molar-refractivity contribution < 1.29 is 9.59 Å². The molecule has 1 fully saturated rings. The molecule has 4 nitrogen and oxygen atoms in total. The summed E-state index contributed by atoms with van der Waals surface area (Å²) in [5.41, 5.74) is -0.799. The first-order valence-electron chi connectivity index (χ1n) is 4.63. The number of hydrogen-bond donors (Lipinski definition) is 1. The average molecular weight is 196 g/mol. The third kappa shape index (κ3) is 1.78. The summed E-state index contributed by atoms with van der Waals surface area (Å²) in [5.74, 6) is -0.187. The lowest BCUT2D eigenvalue weighted by Crippen LogP contribution is -2.65. The minimum atomic E-state index is -0.799. The molecule has 14 heavy (non-hydrogen) atoms. The lowest BCUT2D eigenvalue weighted by atomic mass is 9.99. The molecule has 0 spiro atoms. The molecule has 0 aromatic rings. The van der Waals surface area contributed by atoms with Crippen LogP contribution in [0.1, 0.15) is 20.8 Å². The van der Waals surface area contributed by atoms with Crippen LogP contribution in [0.5, 0.6) is 0 Å². The maximum atomic E-state index is 11.9. The second kappa shape index (κ2) is 3.44. The minimum Gasteiger partial charge on any atom is -0.341 e. The van der Waals surface area contributed by atoms with Crippen molar-refractivity contribution in [2.75, 3.05) is 6.54 Å². The van der Waals surface area contributed by atoms with E-state index in [9.17, 15) is 9.59 Å².